The molecule has 1 aromatic carbocycles. The number of rotatable bonds is 6. The van der Waals surface area contributed by atoms with Crippen molar-refractivity contribution in [2.45, 2.75) is 20.4 Å². The Morgan fingerprint density at radius 3 is 2.88 bits per heavy atom. The van der Waals surface area contributed by atoms with Crippen LogP contribution < -0.4 is 20.1 Å². The third-order valence-corrected chi connectivity index (χ3v) is 3.60. The molecule has 126 valence electrons. The summed E-state index contributed by atoms with van der Waals surface area (Å²) in [7, 11) is 0. The normalized spacial score (nSPS) is 12.3. The van der Waals surface area contributed by atoms with E-state index in [1.165, 1.54) is 0 Å². The largest absolute Gasteiger partial charge is 0.454 e. The van der Waals surface area contributed by atoms with Gasteiger partial charge in [0.15, 0.2) is 11.5 Å². The standard InChI is InChI=1S/C18H21N3O3/c1-12(2)7-21-18(22)14-6-15(10-19-9-14)20-8-13-3-4-16-17(5-13)24-11-23-16/h3-6,9-10,12,20H,7-8,11H2,1-2H3,(H,21,22). The number of hydrogen-bond donors (Lipinski definition) is 2. The number of aromatic nitrogens is 1. The van der Waals surface area contributed by atoms with E-state index in [1.54, 1.807) is 18.5 Å². The van der Waals surface area contributed by atoms with Crippen molar-refractivity contribution in [3.8, 4) is 11.5 Å². The Morgan fingerprint density at radius 1 is 1.21 bits per heavy atom. The average Bonchev–Trinajstić information content (AvgIpc) is 3.05. The number of nitrogens with one attached hydrogen (secondary N) is 2. The van der Waals surface area contributed by atoms with Crippen LogP contribution in [-0.4, -0.2) is 24.2 Å². The smallest absolute Gasteiger partial charge is 0.252 e. The maximum atomic E-state index is 12.1. The van der Waals surface area contributed by atoms with Crippen LogP contribution in [0.3, 0.4) is 0 Å². The molecule has 3 rings (SSSR count). The van der Waals surface area contributed by atoms with Gasteiger partial charge in [0.1, 0.15) is 0 Å². The van der Waals surface area contributed by atoms with Crippen LogP contribution in [0.5, 0.6) is 11.5 Å². The Bertz CT molecular complexity index is 731. The monoisotopic (exact) mass is 327 g/mol. The summed E-state index contributed by atoms with van der Waals surface area (Å²) in [6.45, 7) is 5.64. The average molecular weight is 327 g/mol. The minimum Gasteiger partial charge on any atom is -0.454 e. The van der Waals surface area contributed by atoms with E-state index in [-0.39, 0.29) is 12.7 Å². The highest BCUT2D eigenvalue weighted by Crippen LogP contribution is 2.32. The number of fused-ring (bicyclic) bond motifs is 1. The molecule has 2 N–H and O–H groups in total. The molecular formula is C18H21N3O3. The van der Waals surface area contributed by atoms with Crippen molar-refractivity contribution in [2.75, 3.05) is 18.7 Å². The molecule has 0 aliphatic carbocycles. The van der Waals surface area contributed by atoms with Crippen LogP contribution in [-0.2, 0) is 6.54 Å². The zero-order chi connectivity index (χ0) is 16.9. The molecule has 6 heteroatoms. The molecule has 2 heterocycles. The van der Waals surface area contributed by atoms with Gasteiger partial charge < -0.3 is 20.1 Å². The molecule has 0 saturated carbocycles. The molecule has 0 spiro atoms. The van der Waals surface area contributed by atoms with Gasteiger partial charge in [-0.2, -0.15) is 0 Å². The molecule has 24 heavy (non-hydrogen) atoms. The van der Waals surface area contributed by atoms with Crippen molar-refractivity contribution in [3.05, 3.63) is 47.8 Å². The van der Waals surface area contributed by atoms with Crippen LogP contribution >= 0.6 is 0 Å². The predicted molar refractivity (Wildman–Crippen MR) is 91.3 cm³/mol. The molecule has 0 bridgehead atoms. The lowest BCUT2D eigenvalue weighted by Gasteiger charge is -2.10. The number of benzene rings is 1. The summed E-state index contributed by atoms with van der Waals surface area (Å²) in [5.74, 6) is 1.83. The van der Waals surface area contributed by atoms with Crippen molar-refractivity contribution in [2.24, 2.45) is 5.92 Å². The third-order valence-electron chi connectivity index (χ3n) is 3.60. The van der Waals surface area contributed by atoms with Crippen LogP contribution in [0, 0.1) is 5.92 Å². The van der Waals surface area contributed by atoms with E-state index in [2.05, 4.69) is 29.5 Å². The first-order valence-electron chi connectivity index (χ1n) is 7.97. The van der Waals surface area contributed by atoms with E-state index in [0.717, 1.165) is 22.7 Å². The molecule has 6 nitrogen and oxygen atoms in total. The molecule has 1 aromatic heterocycles. The molecule has 0 fully saturated rings. The SMILES string of the molecule is CC(C)CNC(=O)c1cncc(NCc2ccc3c(c2)OCO3)c1. The zero-order valence-electron chi connectivity index (χ0n) is 13.8. The van der Waals surface area contributed by atoms with Gasteiger partial charge in [-0.05, 0) is 29.7 Å². The van der Waals surface area contributed by atoms with Gasteiger partial charge in [0, 0.05) is 25.5 Å². The molecule has 2 aromatic rings. The molecule has 1 aliphatic heterocycles. The highest BCUT2D eigenvalue weighted by Gasteiger charge is 2.13. The van der Waals surface area contributed by atoms with Crippen LogP contribution in [0.1, 0.15) is 29.8 Å². The lowest BCUT2D eigenvalue weighted by atomic mass is 10.2. The third kappa shape index (κ3) is 3.95. The quantitative estimate of drug-likeness (QED) is 0.853. The number of ether oxygens (including phenoxy) is 2. The fraction of sp³-hybridized carbons (Fsp3) is 0.333. The Morgan fingerprint density at radius 2 is 2.04 bits per heavy atom. The van der Waals surface area contributed by atoms with E-state index in [4.69, 9.17) is 9.47 Å². The molecule has 0 saturated heterocycles. The molecule has 0 radical (unpaired) electrons. The van der Waals surface area contributed by atoms with E-state index >= 15 is 0 Å². The topological polar surface area (TPSA) is 72.5 Å². The minimum absolute atomic E-state index is 0.108. The van der Waals surface area contributed by atoms with Gasteiger partial charge in [-0.15, -0.1) is 0 Å². The van der Waals surface area contributed by atoms with E-state index in [9.17, 15) is 4.79 Å². The summed E-state index contributed by atoms with van der Waals surface area (Å²) >= 11 is 0. The summed E-state index contributed by atoms with van der Waals surface area (Å²) in [5.41, 5.74) is 2.41. The number of pyridine rings is 1. The van der Waals surface area contributed by atoms with Crippen LogP contribution in [0.15, 0.2) is 36.7 Å². The predicted octanol–water partition coefficient (Wildman–Crippen LogP) is 2.81. The number of carbonyl (C=O) groups is 1. The van der Waals surface area contributed by atoms with Crippen molar-refractivity contribution < 1.29 is 14.3 Å². The molecular weight excluding hydrogens is 306 g/mol. The van der Waals surface area contributed by atoms with Gasteiger partial charge in [0.05, 0.1) is 11.3 Å². The summed E-state index contributed by atoms with van der Waals surface area (Å²) < 4.78 is 10.7. The highest BCUT2D eigenvalue weighted by molar-refractivity contribution is 5.94. The second kappa shape index (κ2) is 7.21. The van der Waals surface area contributed by atoms with E-state index in [0.29, 0.717) is 24.6 Å². The van der Waals surface area contributed by atoms with Crippen molar-refractivity contribution in [1.29, 1.82) is 0 Å². The van der Waals surface area contributed by atoms with Crippen molar-refractivity contribution in [3.63, 3.8) is 0 Å². The lowest BCUT2D eigenvalue weighted by molar-refractivity contribution is 0.0948. The maximum absolute atomic E-state index is 12.1. The number of nitrogens with zero attached hydrogens (tertiary/aromatic N) is 1. The Labute approximate surface area is 141 Å². The number of anilines is 1. The zero-order valence-corrected chi connectivity index (χ0v) is 13.8. The summed E-state index contributed by atoms with van der Waals surface area (Å²) in [5, 5.41) is 6.16. The van der Waals surface area contributed by atoms with Crippen LogP contribution in [0.2, 0.25) is 0 Å². The Balaban J connectivity index is 1.61. The summed E-state index contributed by atoms with van der Waals surface area (Å²) in [6, 6.07) is 7.62. The van der Waals surface area contributed by atoms with E-state index in [1.807, 2.05) is 18.2 Å². The second-order valence-electron chi connectivity index (χ2n) is 6.11. The van der Waals surface area contributed by atoms with E-state index < -0.39 is 0 Å². The second-order valence-corrected chi connectivity index (χ2v) is 6.11. The van der Waals surface area contributed by atoms with Crippen LogP contribution in [0.4, 0.5) is 5.69 Å². The Hall–Kier alpha value is -2.76. The number of amides is 1. The van der Waals surface area contributed by atoms with Gasteiger partial charge in [0.25, 0.3) is 5.91 Å². The minimum atomic E-state index is -0.108. The molecule has 1 aliphatic rings. The fourth-order valence-corrected chi connectivity index (χ4v) is 2.31. The molecule has 1 amide bonds. The fourth-order valence-electron chi connectivity index (χ4n) is 2.31. The van der Waals surface area contributed by atoms with Crippen molar-refractivity contribution >= 4 is 11.6 Å². The molecule has 0 unspecified atom stereocenters. The first-order valence-corrected chi connectivity index (χ1v) is 7.97. The van der Waals surface area contributed by atoms with Gasteiger partial charge in [-0.3, -0.25) is 9.78 Å². The molecule has 0 atom stereocenters. The highest BCUT2D eigenvalue weighted by atomic mass is 16.7. The number of hydrogen-bond acceptors (Lipinski definition) is 5. The lowest BCUT2D eigenvalue weighted by Crippen LogP contribution is -2.27. The van der Waals surface area contributed by atoms with Crippen molar-refractivity contribution in [1.82, 2.24) is 10.3 Å². The van der Waals surface area contributed by atoms with Gasteiger partial charge in [-0.1, -0.05) is 19.9 Å². The van der Waals surface area contributed by atoms with Crippen LogP contribution in [0.25, 0.3) is 0 Å². The van der Waals surface area contributed by atoms with Gasteiger partial charge in [0.2, 0.25) is 6.79 Å². The number of carbonyl (C=O) groups excluding carboxylic acids is 1. The first-order chi connectivity index (χ1) is 11.6. The van der Waals surface area contributed by atoms with Gasteiger partial charge in [-0.25, -0.2) is 0 Å². The first kappa shape index (κ1) is 16.1. The summed E-state index contributed by atoms with van der Waals surface area (Å²) in [6.07, 6.45) is 3.27. The summed E-state index contributed by atoms with van der Waals surface area (Å²) in [4.78, 5) is 16.2. The van der Waals surface area contributed by atoms with Gasteiger partial charge >= 0.3 is 0 Å². The maximum Gasteiger partial charge on any atom is 0.252 e. The Kier molecular flexibility index (Phi) is 4.84.